The fourth-order valence-corrected chi connectivity index (χ4v) is 3.19. The molecule has 0 spiro atoms. The topological polar surface area (TPSA) is 43.8 Å². The molecule has 0 unspecified atom stereocenters. The lowest BCUT2D eigenvalue weighted by Crippen LogP contribution is -2.22. The average molecular weight is 347 g/mol. The first kappa shape index (κ1) is 13.2. The number of aryl methyl sites for hydroxylation is 1. The molecule has 2 N–H and O–H groups in total. The number of nitrogens with zero attached hydrogens (tertiary/aromatic N) is 2. The zero-order chi connectivity index (χ0) is 12.6. The van der Waals surface area contributed by atoms with Crippen molar-refractivity contribution in [1.82, 2.24) is 9.78 Å². The van der Waals surface area contributed by atoms with Gasteiger partial charge in [-0.2, -0.15) is 5.10 Å². The van der Waals surface area contributed by atoms with Gasteiger partial charge >= 0.3 is 0 Å². The Hall–Kier alpha value is -0.260. The molecule has 0 aromatic carbocycles. The van der Waals surface area contributed by atoms with Crippen molar-refractivity contribution in [3.8, 4) is 0 Å². The van der Waals surface area contributed by atoms with E-state index >= 15 is 0 Å². The molecule has 4 heteroatoms. The normalized spacial score (nSPS) is 25.5. The monoisotopic (exact) mass is 347 g/mol. The van der Waals surface area contributed by atoms with Gasteiger partial charge in [0.1, 0.15) is 5.82 Å². The van der Waals surface area contributed by atoms with Gasteiger partial charge in [0.25, 0.3) is 0 Å². The summed E-state index contributed by atoms with van der Waals surface area (Å²) < 4.78 is 3.18. The number of halogens is 1. The van der Waals surface area contributed by atoms with Gasteiger partial charge < -0.3 is 5.73 Å². The van der Waals surface area contributed by atoms with Gasteiger partial charge in [-0.3, -0.25) is 0 Å². The van der Waals surface area contributed by atoms with E-state index in [-0.39, 0.29) is 0 Å². The molecule has 17 heavy (non-hydrogen) atoms. The minimum Gasteiger partial charge on any atom is -0.383 e. The lowest BCUT2D eigenvalue weighted by Gasteiger charge is -2.31. The molecule has 1 aromatic rings. The van der Waals surface area contributed by atoms with E-state index < -0.39 is 0 Å². The van der Waals surface area contributed by atoms with Crippen LogP contribution in [0.4, 0.5) is 5.82 Å². The molecule has 0 amide bonds. The van der Waals surface area contributed by atoms with Crippen LogP contribution in [0.15, 0.2) is 0 Å². The molecule has 1 aromatic heterocycles. The minimum absolute atomic E-state index is 0.521. The third-order valence-corrected chi connectivity index (χ3v) is 5.41. The zero-order valence-corrected chi connectivity index (χ0v) is 13.1. The maximum Gasteiger partial charge on any atom is 0.135 e. The van der Waals surface area contributed by atoms with Crippen molar-refractivity contribution in [2.45, 2.75) is 52.5 Å². The van der Waals surface area contributed by atoms with Crippen molar-refractivity contribution >= 4 is 28.4 Å². The predicted octanol–water partition coefficient (Wildman–Crippen LogP) is 3.77. The molecule has 1 aliphatic carbocycles. The van der Waals surface area contributed by atoms with Gasteiger partial charge in [0.2, 0.25) is 0 Å². The fourth-order valence-electron chi connectivity index (χ4n) is 2.84. The van der Waals surface area contributed by atoms with Gasteiger partial charge in [-0.05, 0) is 67.0 Å². The highest BCUT2D eigenvalue weighted by Gasteiger charge is 2.26. The second-order valence-corrected chi connectivity index (χ2v) is 6.62. The van der Waals surface area contributed by atoms with Crippen molar-refractivity contribution < 1.29 is 0 Å². The average Bonchev–Trinajstić information content (AvgIpc) is 2.57. The summed E-state index contributed by atoms with van der Waals surface area (Å²) in [4.78, 5) is 0. The van der Waals surface area contributed by atoms with E-state index in [1.807, 2.05) is 6.92 Å². The van der Waals surface area contributed by atoms with Crippen LogP contribution in [-0.2, 0) is 0 Å². The molecule has 1 heterocycles. The smallest absolute Gasteiger partial charge is 0.135 e. The van der Waals surface area contributed by atoms with Crippen LogP contribution in [0.3, 0.4) is 0 Å². The van der Waals surface area contributed by atoms with E-state index in [4.69, 9.17) is 5.73 Å². The van der Waals surface area contributed by atoms with Crippen LogP contribution in [0, 0.1) is 22.3 Å². The van der Waals surface area contributed by atoms with Crippen LogP contribution >= 0.6 is 22.6 Å². The number of anilines is 1. The highest BCUT2D eigenvalue weighted by atomic mass is 127. The standard InChI is InChI=1S/C13H22IN3/c1-8(2)10-4-6-11(7-5-10)17-13(15)12(14)9(3)16-17/h8,10-11H,4-7,15H2,1-3H3. The van der Waals surface area contributed by atoms with Gasteiger partial charge in [0.15, 0.2) is 0 Å². The molecule has 1 fully saturated rings. The fraction of sp³-hybridized carbons (Fsp3) is 0.769. The number of hydrogen-bond acceptors (Lipinski definition) is 2. The molecule has 0 atom stereocenters. The molecular formula is C13H22IN3. The van der Waals surface area contributed by atoms with Crippen LogP contribution in [0.2, 0.25) is 0 Å². The molecule has 0 radical (unpaired) electrons. The van der Waals surface area contributed by atoms with Crippen LogP contribution in [-0.4, -0.2) is 9.78 Å². The van der Waals surface area contributed by atoms with Crippen molar-refractivity contribution in [3.05, 3.63) is 9.26 Å². The molecule has 3 nitrogen and oxygen atoms in total. The third-order valence-electron chi connectivity index (χ3n) is 4.08. The van der Waals surface area contributed by atoms with Crippen molar-refractivity contribution in [2.24, 2.45) is 11.8 Å². The zero-order valence-electron chi connectivity index (χ0n) is 10.9. The van der Waals surface area contributed by atoms with Crippen LogP contribution < -0.4 is 5.73 Å². The van der Waals surface area contributed by atoms with E-state index in [2.05, 4.69) is 46.2 Å². The molecule has 0 aliphatic heterocycles. The highest BCUT2D eigenvalue weighted by Crippen LogP contribution is 2.37. The molecular weight excluding hydrogens is 325 g/mol. The Morgan fingerprint density at radius 3 is 2.29 bits per heavy atom. The van der Waals surface area contributed by atoms with Gasteiger partial charge in [0, 0.05) is 0 Å². The second kappa shape index (κ2) is 5.16. The SMILES string of the molecule is Cc1nn(C2CCC(C(C)C)CC2)c(N)c1I. The number of aromatic nitrogens is 2. The van der Waals surface area contributed by atoms with Crippen LogP contribution in [0.5, 0.6) is 0 Å². The Bertz CT molecular complexity index is 390. The van der Waals surface area contributed by atoms with E-state index in [0.717, 1.165) is 26.9 Å². The Morgan fingerprint density at radius 1 is 1.29 bits per heavy atom. The summed E-state index contributed by atoms with van der Waals surface area (Å²) in [5, 5.41) is 4.59. The first-order valence-corrected chi connectivity index (χ1v) is 7.58. The highest BCUT2D eigenvalue weighted by molar-refractivity contribution is 14.1. The summed E-state index contributed by atoms with van der Waals surface area (Å²) in [5.74, 6) is 2.56. The number of rotatable bonds is 2. The van der Waals surface area contributed by atoms with Crippen molar-refractivity contribution in [2.75, 3.05) is 5.73 Å². The summed E-state index contributed by atoms with van der Waals surface area (Å²) in [6, 6.07) is 0.521. The van der Waals surface area contributed by atoms with Gasteiger partial charge in [-0.15, -0.1) is 0 Å². The third kappa shape index (κ3) is 2.61. The molecule has 1 saturated carbocycles. The summed E-state index contributed by atoms with van der Waals surface area (Å²) in [5.41, 5.74) is 7.19. The molecule has 0 saturated heterocycles. The number of nitrogens with two attached hydrogens (primary N) is 1. The summed E-state index contributed by atoms with van der Waals surface area (Å²) >= 11 is 2.29. The molecule has 96 valence electrons. The quantitative estimate of drug-likeness (QED) is 0.828. The van der Waals surface area contributed by atoms with Gasteiger partial charge in [0.05, 0.1) is 15.3 Å². The van der Waals surface area contributed by atoms with Gasteiger partial charge in [-0.25, -0.2) is 4.68 Å². The lowest BCUT2D eigenvalue weighted by molar-refractivity contribution is 0.218. The first-order chi connectivity index (χ1) is 8.00. The number of nitrogen functional groups attached to an aromatic ring is 1. The lowest BCUT2D eigenvalue weighted by atomic mass is 9.80. The van der Waals surface area contributed by atoms with E-state index in [1.54, 1.807) is 0 Å². The van der Waals surface area contributed by atoms with Gasteiger partial charge in [-0.1, -0.05) is 13.8 Å². The Kier molecular flexibility index (Phi) is 4.00. The first-order valence-electron chi connectivity index (χ1n) is 6.50. The molecule has 1 aliphatic rings. The summed E-state index contributed by atoms with van der Waals surface area (Å²) in [6.45, 7) is 6.70. The van der Waals surface area contributed by atoms with E-state index in [9.17, 15) is 0 Å². The summed E-state index contributed by atoms with van der Waals surface area (Å²) in [6.07, 6.45) is 5.09. The van der Waals surface area contributed by atoms with Crippen LogP contribution in [0.25, 0.3) is 0 Å². The maximum atomic E-state index is 6.12. The number of hydrogen-bond donors (Lipinski definition) is 1. The second-order valence-electron chi connectivity index (χ2n) is 5.54. The molecule has 2 rings (SSSR count). The minimum atomic E-state index is 0.521. The van der Waals surface area contributed by atoms with Crippen LogP contribution in [0.1, 0.15) is 51.3 Å². The van der Waals surface area contributed by atoms with E-state index in [0.29, 0.717) is 6.04 Å². The molecule has 0 bridgehead atoms. The Morgan fingerprint density at radius 2 is 1.88 bits per heavy atom. The maximum absolute atomic E-state index is 6.12. The van der Waals surface area contributed by atoms with E-state index in [1.165, 1.54) is 25.7 Å². The van der Waals surface area contributed by atoms with Crippen molar-refractivity contribution in [3.63, 3.8) is 0 Å². The predicted molar refractivity (Wildman–Crippen MR) is 79.9 cm³/mol. The largest absolute Gasteiger partial charge is 0.383 e. The Balaban J connectivity index is 2.08. The van der Waals surface area contributed by atoms with Crippen molar-refractivity contribution in [1.29, 1.82) is 0 Å². The summed E-state index contributed by atoms with van der Waals surface area (Å²) in [7, 11) is 0. The Labute approximate surface area is 117 Å².